The lowest BCUT2D eigenvalue weighted by molar-refractivity contribution is 0.0912. The third kappa shape index (κ3) is 4.15. The average molecular weight is 400 g/mol. The van der Waals surface area contributed by atoms with Gasteiger partial charge in [0.25, 0.3) is 5.91 Å². The van der Waals surface area contributed by atoms with Gasteiger partial charge in [-0.25, -0.2) is 4.39 Å². The molecule has 1 unspecified atom stereocenters. The maximum absolute atomic E-state index is 13.9. The van der Waals surface area contributed by atoms with Crippen LogP contribution in [0.5, 0.6) is 5.75 Å². The van der Waals surface area contributed by atoms with Gasteiger partial charge in [-0.3, -0.25) is 4.79 Å². The quantitative estimate of drug-likeness (QED) is 0.486. The third-order valence-electron chi connectivity index (χ3n) is 4.61. The van der Waals surface area contributed by atoms with E-state index in [9.17, 15) is 14.4 Å². The fourth-order valence-electron chi connectivity index (χ4n) is 3.08. The molecule has 1 N–H and O–H groups in total. The van der Waals surface area contributed by atoms with Gasteiger partial charge in [0.05, 0.1) is 6.07 Å². The van der Waals surface area contributed by atoms with Crippen molar-refractivity contribution in [1.29, 1.82) is 5.26 Å². The second-order valence-corrected chi connectivity index (χ2v) is 6.62. The molecule has 0 saturated heterocycles. The Morgan fingerprint density at radius 1 is 1.03 bits per heavy atom. The van der Waals surface area contributed by atoms with Gasteiger partial charge in [-0.15, -0.1) is 0 Å². The molecule has 6 heteroatoms. The van der Waals surface area contributed by atoms with Crippen LogP contribution in [0.25, 0.3) is 10.8 Å². The van der Waals surface area contributed by atoms with Gasteiger partial charge in [-0.1, -0.05) is 48.5 Å². The molecular weight excluding hydrogens is 383 g/mol. The zero-order valence-corrected chi connectivity index (χ0v) is 15.8. The van der Waals surface area contributed by atoms with E-state index in [2.05, 4.69) is 5.32 Å². The molecular formula is C24H17FN2O3. The molecule has 4 rings (SSSR count). The van der Waals surface area contributed by atoms with Crippen LogP contribution in [0.15, 0.2) is 83.3 Å². The second-order valence-electron chi connectivity index (χ2n) is 6.62. The van der Waals surface area contributed by atoms with Gasteiger partial charge in [-0.05, 0) is 41.1 Å². The van der Waals surface area contributed by atoms with Crippen LogP contribution in [0.3, 0.4) is 0 Å². The van der Waals surface area contributed by atoms with Crippen molar-refractivity contribution < 1.29 is 18.3 Å². The van der Waals surface area contributed by atoms with Gasteiger partial charge in [0.1, 0.15) is 30.0 Å². The van der Waals surface area contributed by atoms with Crippen molar-refractivity contribution in [3.63, 3.8) is 0 Å². The number of furan rings is 1. The number of hydrogen-bond acceptors (Lipinski definition) is 4. The second kappa shape index (κ2) is 8.50. The molecule has 0 radical (unpaired) electrons. The third-order valence-corrected chi connectivity index (χ3v) is 4.61. The normalized spacial score (nSPS) is 11.6. The predicted molar refractivity (Wildman–Crippen MR) is 109 cm³/mol. The van der Waals surface area contributed by atoms with Crippen molar-refractivity contribution >= 4 is 16.7 Å². The number of fused-ring (bicyclic) bond motifs is 1. The van der Waals surface area contributed by atoms with Crippen LogP contribution < -0.4 is 10.1 Å². The first-order valence-electron chi connectivity index (χ1n) is 9.29. The molecule has 0 bridgehead atoms. The zero-order valence-electron chi connectivity index (χ0n) is 15.8. The van der Waals surface area contributed by atoms with Gasteiger partial charge < -0.3 is 14.5 Å². The highest BCUT2D eigenvalue weighted by atomic mass is 19.1. The SMILES string of the molecule is N#CC(NC(=O)c1ccc(COc2ccc3ccccc3c2)o1)c1ccccc1F. The van der Waals surface area contributed by atoms with Crippen molar-refractivity contribution in [3.8, 4) is 11.8 Å². The Morgan fingerprint density at radius 2 is 1.80 bits per heavy atom. The van der Waals surface area contributed by atoms with E-state index in [4.69, 9.17) is 9.15 Å². The van der Waals surface area contributed by atoms with E-state index in [1.807, 2.05) is 48.5 Å². The molecule has 0 fully saturated rings. The molecule has 0 spiro atoms. The maximum Gasteiger partial charge on any atom is 0.288 e. The molecule has 0 aliphatic heterocycles. The summed E-state index contributed by atoms with van der Waals surface area (Å²) in [6, 6.07) is 23.4. The number of amides is 1. The van der Waals surface area contributed by atoms with Crippen LogP contribution in [0.2, 0.25) is 0 Å². The number of carbonyl (C=O) groups excluding carboxylic acids is 1. The summed E-state index contributed by atoms with van der Waals surface area (Å²) in [5, 5.41) is 14.0. The number of benzene rings is 3. The molecule has 4 aromatic rings. The van der Waals surface area contributed by atoms with Crippen molar-refractivity contribution in [2.45, 2.75) is 12.6 Å². The topological polar surface area (TPSA) is 75.3 Å². The van der Waals surface area contributed by atoms with E-state index < -0.39 is 17.8 Å². The Morgan fingerprint density at radius 3 is 2.60 bits per heavy atom. The average Bonchev–Trinajstić information content (AvgIpc) is 3.25. The molecule has 0 saturated carbocycles. The van der Waals surface area contributed by atoms with Crippen LogP contribution in [0.4, 0.5) is 4.39 Å². The summed E-state index contributed by atoms with van der Waals surface area (Å²) in [6.45, 7) is 0.139. The van der Waals surface area contributed by atoms with Crippen molar-refractivity contribution in [2.24, 2.45) is 0 Å². The van der Waals surface area contributed by atoms with E-state index in [1.54, 1.807) is 12.1 Å². The standard InChI is InChI=1S/C24H17FN2O3/c25-21-8-4-3-7-20(21)22(14-26)27-24(28)23-12-11-19(30-23)15-29-18-10-9-16-5-1-2-6-17(16)13-18/h1-13,22H,15H2,(H,27,28). The summed E-state index contributed by atoms with van der Waals surface area (Å²) in [5.74, 6) is -0.0216. The largest absolute Gasteiger partial charge is 0.486 e. The summed E-state index contributed by atoms with van der Waals surface area (Å²) in [5.41, 5.74) is 0.0970. The Kier molecular flexibility index (Phi) is 5.44. The lowest BCUT2D eigenvalue weighted by Gasteiger charge is -2.11. The molecule has 5 nitrogen and oxygen atoms in total. The van der Waals surface area contributed by atoms with Crippen molar-refractivity contribution in [3.05, 3.63) is 102 Å². The number of halogens is 1. The minimum absolute atomic E-state index is 0.0173. The zero-order chi connectivity index (χ0) is 20.9. The van der Waals surface area contributed by atoms with Gasteiger partial charge in [-0.2, -0.15) is 5.26 Å². The summed E-state index contributed by atoms with van der Waals surface area (Å²) < 4.78 is 25.2. The van der Waals surface area contributed by atoms with Crippen molar-refractivity contribution in [1.82, 2.24) is 5.32 Å². The predicted octanol–water partition coefficient (Wildman–Crippen LogP) is 5.15. The number of nitrogens with zero attached hydrogens (tertiary/aromatic N) is 1. The highest BCUT2D eigenvalue weighted by Gasteiger charge is 2.20. The van der Waals surface area contributed by atoms with E-state index >= 15 is 0 Å². The lowest BCUT2D eigenvalue weighted by Crippen LogP contribution is -2.27. The summed E-state index contributed by atoms with van der Waals surface area (Å²) in [4.78, 5) is 12.4. The number of rotatable bonds is 6. The smallest absolute Gasteiger partial charge is 0.288 e. The Balaban J connectivity index is 1.41. The summed E-state index contributed by atoms with van der Waals surface area (Å²) in [6.07, 6.45) is 0. The van der Waals surface area contributed by atoms with Crippen LogP contribution >= 0.6 is 0 Å². The molecule has 1 atom stereocenters. The Bertz CT molecular complexity index is 1240. The number of ether oxygens (including phenoxy) is 1. The lowest BCUT2D eigenvalue weighted by atomic mass is 10.1. The summed E-state index contributed by atoms with van der Waals surface area (Å²) in [7, 11) is 0. The molecule has 30 heavy (non-hydrogen) atoms. The van der Waals surface area contributed by atoms with Gasteiger partial charge in [0, 0.05) is 5.56 Å². The van der Waals surface area contributed by atoms with Crippen LogP contribution in [0.1, 0.15) is 27.9 Å². The molecule has 1 aromatic heterocycles. The van der Waals surface area contributed by atoms with Gasteiger partial charge >= 0.3 is 0 Å². The molecule has 1 amide bonds. The monoisotopic (exact) mass is 400 g/mol. The fourth-order valence-corrected chi connectivity index (χ4v) is 3.08. The molecule has 148 valence electrons. The number of hydrogen-bond donors (Lipinski definition) is 1. The van der Waals surface area contributed by atoms with E-state index in [1.165, 1.54) is 24.3 Å². The minimum atomic E-state index is -1.12. The van der Waals surface area contributed by atoms with Gasteiger partial charge in [0.2, 0.25) is 0 Å². The summed E-state index contributed by atoms with van der Waals surface area (Å²) >= 11 is 0. The van der Waals surface area contributed by atoms with Crippen LogP contribution in [0, 0.1) is 17.1 Å². The number of nitriles is 1. The maximum atomic E-state index is 13.9. The fraction of sp³-hybridized carbons (Fsp3) is 0.0833. The molecule has 1 heterocycles. The Labute approximate surface area is 172 Å². The van der Waals surface area contributed by atoms with Crippen LogP contribution in [-0.4, -0.2) is 5.91 Å². The molecule has 0 aliphatic carbocycles. The number of carbonyl (C=O) groups is 1. The first-order valence-corrected chi connectivity index (χ1v) is 9.29. The number of nitrogens with one attached hydrogen (secondary N) is 1. The molecule has 3 aromatic carbocycles. The first kappa shape index (κ1) is 19.2. The highest BCUT2D eigenvalue weighted by molar-refractivity contribution is 5.92. The highest BCUT2D eigenvalue weighted by Crippen LogP contribution is 2.22. The molecule has 0 aliphatic rings. The van der Waals surface area contributed by atoms with Crippen molar-refractivity contribution in [2.75, 3.05) is 0 Å². The van der Waals surface area contributed by atoms with E-state index in [0.29, 0.717) is 11.5 Å². The first-order chi connectivity index (χ1) is 14.6. The van der Waals surface area contributed by atoms with Crippen LogP contribution in [-0.2, 0) is 6.61 Å². The Hall–Kier alpha value is -4.11. The van der Waals surface area contributed by atoms with Gasteiger partial charge in [0.15, 0.2) is 5.76 Å². The minimum Gasteiger partial charge on any atom is -0.486 e. The van der Waals surface area contributed by atoms with E-state index in [-0.39, 0.29) is 17.9 Å². The van der Waals surface area contributed by atoms with E-state index in [0.717, 1.165) is 10.8 Å².